The van der Waals surface area contributed by atoms with Gasteiger partial charge in [-0.05, 0) is 19.1 Å². The first-order valence-corrected chi connectivity index (χ1v) is 2.93. The van der Waals surface area contributed by atoms with Gasteiger partial charge in [0.05, 0.1) is 5.71 Å². The summed E-state index contributed by atoms with van der Waals surface area (Å²) < 4.78 is 0. The van der Waals surface area contributed by atoms with Crippen molar-refractivity contribution >= 4 is 5.71 Å². The van der Waals surface area contributed by atoms with E-state index < -0.39 is 0 Å². The van der Waals surface area contributed by atoms with E-state index in [1.165, 1.54) is 0 Å². The van der Waals surface area contributed by atoms with Gasteiger partial charge < -0.3 is 5.21 Å². The Bertz CT molecular complexity index is 231. The summed E-state index contributed by atoms with van der Waals surface area (Å²) in [6.45, 7) is 1.73. The average molecular weight is 136 g/mol. The molecule has 0 unspecified atom stereocenters. The Labute approximate surface area is 59.0 Å². The van der Waals surface area contributed by atoms with Gasteiger partial charge in [-0.2, -0.15) is 0 Å². The highest BCUT2D eigenvalue weighted by Gasteiger charge is 1.93. The number of nitrogens with zero attached hydrogens (tertiary/aromatic N) is 2. The van der Waals surface area contributed by atoms with Crippen molar-refractivity contribution in [1.29, 1.82) is 0 Å². The van der Waals surface area contributed by atoms with E-state index in [0.717, 1.165) is 5.56 Å². The molecule has 0 atom stereocenters. The van der Waals surface area contributed by atoms with Crippen molar-refractivity contribution in [2.45, 2.75) is 6.92 Å². The maximum Gasteiger partial charge on any atom is 0.0838 e. The van der Waals surface area contributed by atoms with E-state index in [1.807, 2.05) is 0 Å². The van der Waals surface area contributed by atoms with Gasteiger partial charge in [-0.3, -0.25) is 4.98 Å². The molecule has 0 aromatic carbocycles. The quantitative estimate of drug-likeness (QED) is 0.359. The molecule has 1 heterocycles. The molecular formula is C7H8N2O. The lowest BCUT2D eigenvalue weighted by atomic mass is 10.2. The van der Waals surface area contributed by atoms with Gasteiger partial charge in [0.25, 0.3) is 0 Å². The first kappa shape index (κ1) is 6.74. The molecule has 0 spiro atoms. The topological polar surface area (TPSA) is 45.5 Å². The van der Waals surface area contributed by atoms with Crippen molar-refractivity contribution in [2.75, 3.05) is 0 Å². The SMILES string of the molecule is C/C(=N\O)c1ccncc1. The van der Waals surface area contributed by atoms with Crippen LogP contribution in [0.5, 0.6) is 0 Å². The lowest BCUT2D eigenvalue weighted by Gasteiger charge is -1.93. The zero-order valence-electron chi connectivity index (χ0n) is 5.65. The van der Waals surface area contributed by atoms with E-state index in [1.54, 1.807) is 31.5 Å². The fourth-order valence-corrected chi connectivity index (χ4v) is 0.651. The molecular weight excluding hydrogens is 128 g/mol. The normalized spacial score (nSPS) is 11.5. The minimum absolute atomic E-state index is 0.599. The third kappa shape index (κ3) is 1.31. The number of hydrogen-bond acceptors (Lipinski definition) is 3. The van der Waals surface area contributed by atoms with Crippen molar-refractivity contribution in [3.05, 3.63) is 30.1 Å². The van der Waals surface area contributed by atoms with Crippen LogP contribution in [0, 0.1) is 0 Å². The van der Waals surface area contributed by atoms with Crippen molar-refractivity contribution in [3.8, 4) is 0 Å². The number of hydrogen-bond donors (Lipinski definition) is 1. The highest BCUT2D eigenvalue weighted by Crippen LogP contribution is 1.97. The van der Waals surface area contributed by atoms with E-state index >= 15 is 0 Å². The Morgan fingerprint density at radius 2 is 2.10 bits per heavy atom. The van der Waals surface area contributed by atoms with E-state index in [0.29, 0.717) is 5.71 Å². The molecule has 3 heteroatoms. The second kappa shape index (κ2) is 2.96. The van der Waals surface area contributed by atoms with Crippen molar-refractivity contribution in [3.63, 3.8) is 0 Å². The Hall–Kier alpha value is -1.38. The zero-order chi connectivity index (χ0) is 7.40. The standard InChI is InChI=1S/C7H8N2O/c1-6(9-10)7-2-4-8-5-3-7/h2-5,10H,1H3/b9-6+. The third-order valence-corrected chi connectivity index (χ3v) is 1.25. The fourth-order valence-electron chi connectivity index (χ4n) is 0.651. The molecule has 0 bridgehead atoms. The molecule has 0 aliphatic heterocycles. The lowest BCUT2D eigenvalue weighted by Crippen LogP contribution is -1.93. The van der Waals surface area contributed by atoms with Gasteiger partial charge in [-0.1, -0.05) is 5.16 Å². The molecule has 0 saturated carbocycles. The molecule has 0 aliphatic rings. The van der Waals surface area contributed by atoms with E-state index in [-0.39, 0.29) is 0 Å². The summed E-state index contributed by atoms with van der Waals surface area (Å²) in [7, 11) is 0. The summed E-state index contributed by atoms with van der Waals surface area (Å²) >= 11 is 0. The Morgan fingerprint density at radius 3 is 2.60 bits per heavy atom. The van der Waals surface area contributed by atoms with Crippen LogP contribution >= 0.6 is 0 Å². The molecule has 1 N–H and O–H groups in total. The van der Waals surface area contributed by atoms with Crippen LogP contribution in [0.15, 0.2) is 29.7 Å². The molecule has 0 saturated heterocycles. The molecule has 52 valence electrons. The molecule has 0 fully saturated rings. The number of rotatable bonds is 1. The van der Waals surface area contributed by atoms with Crippen LogP contribution in [0.2, 0.25) is 0 Å². The summed E-state index contributed by atoms with van der Waals surface area (Å²) in [5.74, 6) is 0. The Morgan fingerprint density at radius 1 is 1.50 bits per heavy atom. The van der Waals surface area contributed by atoms with E-state index in [4.69, 9.17) is 5.21 Å². The third-order valence-electron chi connectivity index (χ3n) is 1.25. The highest BCUT2D eigenvalue weighted by molar-refractivity contribution is 5.97. The van der Waals surface area contributed by atoms with Crippen LogP contribution in [0.3, 0.4) is 0 Å². The second-order valence-electron chi connectivity index (χ2n) is 1.92. The lowest BCUT2D eigenvalue weighted by molar-refractivity contribution is 0.319. The first-order chi connectivity index (χ1) is 4.84. The van der Waals surface area contributed by atoms with Gasteiger partial charge in [0.2, 0.25) is 0 Å². The molecule has 0 aliphatic carbocycles. The minimum atomic E-state index is 0.599. The summed E-state index contributed by atoms with van der Waals surface area (Å²) in [5.41, 5.74) is 1.49. The molecule has 3 nitrogen and oxygen atoms in total. The van der Waals surface area contributed by atoms with Gasteiger partial charge in [-0.15, -0.1) is 0 Å². The maximum absolute atomic E-state index is 8.36. The Kier molecular flexibility index (Phi) is 1.99. The number of aromatic nitrogens is 1. The van der Waals surface area contributed by atoms with Crippen LogP contribution in [0.1, 0.15) is 12.5 Å². The summed E-state index contributed by atoms with van der Waals surface area (Å²) in [6, 6.07) is 3.57. The molecule has 1 aromatic heterocycles. The highest BCUT2D eigenvalue weighted by atomic mass is 16.4. The van der Waals surface area contributed by atoms with Crippen LogP contribution in [-0.4, -0.2) is 15.9 Å². The smallest absolute Gasteiger partial charge is 0.0838 e. The van der Waals surface area contributed by atoms with Gasteiger partial charge in [-0.25, -0.2) is 0 Å². The van der Waals surface area contributed by atoms with Crippen molar-refractivity contribution in [2.24, 2.45) is 5.16 Å². The van der Waals surface area contributed by atoms with E-state index in [2.05, 4.69) is 10.1 Å². The first-order valence-electron chi connectivity index (χ1n) is 2.93. The van der Waals surface area contributed by atoms with Gasteiger partial charge in [0, 0.05) is 18.0 Å². The molecule has 0 radical (unpaired) electrons. The van der Waals surface area contributed by atoms with Crippen molar-refractivity contribution in [1.82, 2.24) is 4.98 Å². The predicted molar refractivity (Wildman–Crippen MR) is 38.2 cm³/mol. The van der Waals surface area contributed by atoms with Crippen LogP contribution < -0.4 is 0 Å². The van der Waals surface area contributed by atoms with Gasteiger partial charge in [0.15, 0.2) is 0 Å². The van der Waals surface area contributed by atoms with Crippen molar-refractivity contribution < 1.29 is 5.21 Å². The van der Waals surface area contributed by atoms with E-state index in [9.17, 15) is 0 Å². The molecule has 10 heavy (non-hydrogen) atoms. The summed E-state index contributed by atoms with van der Waals surface area (Å²) in [6.07, 6.45) is 3.31. The number of oxime groups is 1. The minimum Gasteiger partial charge on any atom is -0.411 e. The molecule has 0 amide bonds. The van der Waals surface area contributed by atoms with Gasteiger partial charge >= 0.3 is 0 Å². The molecule has 1 rings (SSSR count). The van der Waals surface area contributed by atoms with Gasteiger partial charge in [0.1, 0.15) is 0 Å². The maximum atomic E-state index is 8.36. The summed E-state index contributed by atoms with van der Waals surface area (Å²) in [5, 5.41) is 11.4. The largest absolute Gasteiger partial charge is 0.411 e. The number of pyridine rings is 1. The second-order valence-corrected chi connectivity index (χ2v) is 1.92. The average Bonchev–Trinajstić information content (AvgIpc) is 2.05. The fraction of sp³-hybridized carbons (Fsp3) is 0.143. The van der Waals surface area contributed by atoms with Crippen LogP contribution in [0.25, 0.3) is 0 Å². The summed E-state index contributed by atoms with van der Waals surface area (Å²) in [4.78, 5) is 3.83. The predicted octanol–water partition coefficient (Wildman–Crippen LogP) is 1.28. The monoisotopic (exact) mass is 136 g/mol. The zero-order valence-corrected chi connectivity index (χ0v) is 5.65. The Balaban J connectivity index is 2.96. The molecule has 1 aromatic rings. The van der Waals surface area contributed by atoms with Crippen LogP contribution in [-0.2, 0) is 0 Å². The van der Waals surface area contributed by atoms with Crippen LogP contribution in [0.4, 0.5) is 0 Å².